The van der Waals surface area contributed by atoms with Crippen LogP contribution in [0.5, 0.6) is 0 Å². The zero-order valence-corrected chi connectivity index (χ0v) is 25.0. The Hall–Kier alpha value is -2.82. The Labute approximate surface area is 242 Å². The van der Waals surface area contributed by atoms with Gasteiger partial charge >= 0.3 is 0 Å². The number of hydrogen-bond acceptors (Lipinski definition) is 6. The molecule has 0 saturated heterocycles. The molecular formula is C30H39ClN4O4S. The van der Waals surface area contributed by atoms with Gasteiger partial charge in [-0.2, -0.15) is 4.31 Å². The molecule has 1 heterocycles. The molecule has 3 N–H and O–H groups in total. The number of unbranched alkanes of at least 4 members (excludes halogenated alkanes) is 1. The van der Waals surface area contributed by atoms with Crippen LogP contribution in [-0.4, -0.2) is 56.5 Å². The number of halogens is 1. The van der Waals surface area contributed by atoms with Crippen molar-refractivity contribution in [1.82, 2.24) is 14.6 Å². The highest BCUT2D eigenvalue weighted by atomic mass is 35.5. The molecule has 8 nitrogen and oxygen atoms in total. The lowest BCUT2D eigenvalue weighted by Gasteiger charge is -2.30. The van der Waals surface area contributed by atoms with Gasteiger partial charge in [0.15, 0.2) is 0 Å². The van der Waals surface area contributed by atoms with Crippen LogP contribution in [-0.2, 0) is 19.6 Å². The van der Waals surface area contributed by atoms with Crippen molar-refractivity contribution in [2.75, 3.05) is 32.8 Å². The first kappa shape index (κ1) is 31.7. The van der Waals surface area contributed by atoms with Crippen molar-refractivity contribution in [3.8, 4) is 11.1 Å². The number of ether oxygens (including phenoxy) is 1. The topological polar surface area (TPSA) is 115 Å². The molecule has 40 heavy (non-hydrogen) atoms. The minimum Gasteiger partial charge on any atom is -0.378 e. The summed E-state index contributed by atoms with van der Waals surface area (Å²) < 4.78 is 34.9. The van der Waals surface area contributed by atoms with E-state index in [0.29, 0.717) is 56.2 Å². The van der Waals surface area contributed by atoms with Crippen molar-refractivity contribution in [3.05, 3.63) is 82.6 Å². The van der Waals surface area contributed by atoms with Crippen molar-refractivity contribution < 1.29 is 17.9 Å². The number of nitrogens with two attached hydrogens (primary N) is 1. The zero-order chi connectivity index (χ0) is 29.1. The third-order valence-electron chi connectivity index (χ3n) is 6.80. The molecular weight excluding hydrogens is 548 g/mol. The van der Waals surface area contributed by atoms with Crippen molar-refractivity contribution in [2.45, 2.75) is 51.0 Å². The maximum absolute atomic E-state index is 14.0. The summed E-state index contributed by atoms with van der Waals surface area (Å²) >= 11 is 6.31. The summed E-state index contributed by atoms with van der Waals surface area (Å²) in [7, 11) is -3.90. The molecule has 0 bridgehead atoms. The molecule has 216 valence electrons. The molecule has 0 aliphatic rings. The predicted molar refractivity (Wildman–Crippen MR) is 160 cm³/mol. The third kappa shape index (κ3) is 8.34. The first-order valence-corrected chi connectivity index (χ1v) is 15.3. The predicted octanol–water partition coefficient (Wildman–Crippen LogP) is 5.03. The van der Waals surface area contributed by atoms with E-state index < -0.39 is 16.1 Å². The highest BCUT2D eigenvalue weighted by molar-refractivity contribution is 7.89. The van der Waals surface area contributed by atoms with Crippen LogP contribution in [0.3, 0.4) is 0 Å². The van der Waals surface area contributed by atoms with Crippen molar-refractivity contribution in [1.29, 1.82) is 0 Å². The van der Waals surface area contributed by atoms with E-state index >= 15 is 0 Å². The van der Waals surface area contributed by atoms with Gasteiger partial charge in [-0.15, -0.1) is 0 Å². The number of carbonyl (C=O) groups is 1. The van der Waals surface area contributed by atoms with E-state index in [1.807, 2.05) is 50.4 Å². The molecule has 1 amide bonds. The Morgan fingerprint density at radius 2 is 1.90 bits per heavy atom. The van der Waals surface area contributed by atoms with Crippen LogP contribution in [0.1, 0.15) is 48.9 Å². The Bertz CT molecular complexity index is 1380. The SMILES string of the molecule is Cc1cnccc1-c1cccc(C(C)N(CCCCC(=O)NCCOCCN)S(=O)(=O)c2cccc(Cl)c2C)c1. The van der Waals surface area contributed by atoms with E-state index in [-0.39, 0.29) is 17.3 Å². The summed E-state index contributed by atoms with van der Waals surface area (Å²) in [5.74, 6) is -0.0927. The number of benzene rings is 2. The quantitative estimate of drug-likeness (QED) is 0.241. The maximum atomic E-state index is 14.0. The molecule has 0 spiro atoms. The Morgan fingerprint density at radius 1 is 1.12 bits per heavy atom. The van der Waals surface area contributed by atoms with E-state index in [9.17, 15) is 13.2 Å². The molecule has 0 radical (unpaired) electrons. The van der Waals surface area contributed by atoms with E-state index in [1.54, 1.807) is 31.3 Å². The first-order valence-electron chi connectivity index (χ1n) is 13.5. The molecule has 3 rings (SSSR count). The number of hydrogen-bond donors (Lipinski definition) is 2. The number of pyridine rings is 1. The minimum atomic E-state index is -3.90. The first-order chi connectivity index (χ1) is 19.2. The number of nitrogens with zero attached hydrogens (tertiary/aromatic N) is 2. The maximum Gasteiger partial charge on any atom is 0.243 e. The van der Waals surface area contributed by atoms with Crippen LogP contribution < -0.4 is 11.1 Å². The number of amides is 1. The van der Waals surface area contributed by atoms with Gasteiger partial charge in [0.25, 0.3) is 0 Å². The molecule has 2 aromatic carbocycles. The molecule has 10 heteroatoms. The van der Waals surface area contributed by atoms with Crippen molar-refractivity contribution in [3.63, 3.8) is 0 Å². The largest absolute Gasteiger partial charge is 0.378 e. The van der Waals surface area contributed by atoms with Crippen LogP contribution >= 0.6 is 11.6 Å². The van der Waals surface area contributed by atoms with Crippen LogP contribution in [0, 0.1) is 13.8 Å². The lowest BCUT2D eigenvalue weighted by atomic mass is 9.98. The van der Waals surface area contributed by atoms with Gasteiger partial charge in [-0.25, -0.2) is 8.42 Å². The van der Waals surface area contributed by atoms with Gasteiger partial charge in [-0.3, -0.25) is 9.78 Å². The summed E-state index contributed by atoms with van der Waals surface area (Å²) in [6.07, 6.45) is 4.92. The summed E-state index contributed by atoms with van der Waals surface area (Å²) in [6.45, 7) is 7.57. The van der Waals surface area contributed by atoms with Gasteiger partial charge in [0.1, 0.15) is 0 Å². The third-order valence-corrected chi connectivity index (χ3v) is 9.32. The number of aromatic nitrogens is 1. The average molecular weight is 587 g/mol. The highest BCUT2D eigenvalue weighted by Gasteiger charge is 2.31. The van der Waals surface area contributed by atoms with Crippen LogP contribution in [0.15, 0.2) is 65.8 Å². The lowest BCUT2D eigenvalue weighted by molar-refractivity contribution is -0.121. The van der Waals surface area contributed by atoms with Gasteiger partial charge in [-0.05, 0) is 85.7 Å². The second-order valence-corrected chi connectivity index (χ2v) is 11.9. The fourth-order valence-corrected chi connectivity index (χ4v) is 6.67. The van der Waals surface area contributed by atoms with Crippen molar-refractivity contribution >= 4 is 27.5 Å². The van der Waals surface area contributed by atoms with Gasteiger partial charge in [0.05, 0.1) is 18.1 Å². The average Bonchev–Trinajstić information content (AvgIpc) is 2.94. The lowest BCUT2D eigenvalue weighted by Crippen LogP contribution is -2.35. The second kappa shape index (κ2) is 15.3. The monoisotopic (exact) mass is 586 g/mol. The van der Waals surface area contributed by atoms with Crippen LogP contribution in [0.2, 0.25) is 5.02 Å². The highest BCUT2D eigenvalue weighted by Crippen LogP contribution is 2.33. The van der Waals surface area contributed by atoms with E-state index in [1.165, 1.54) is 4.31 Å². The minimum absolute atomic E-state index is 0.0927. The van der Waals surface area contributed by atoms with E-state index in [0.717, 1.165) is 22.3 Å². The van der Waals surface area contributed by atoms with Crippen molar-refractivity contribution in [2.24, 2.45) is 5.73 Å². The molecule has 0 saturated carbocycles. The number of sulfonamides is 1. The summed E-state index contributed by atoms with van der Waals surface area (Å²) in [6, 6.07) is 14.4. The molecule has 0 aliphatic heterocycles. The summed E-state index contributed by atoms with van der Waals surface area (Å²) in [5, 5.41) is 3.22. The second-order valence-electron chi connectivity index (χ2n) is 9.68. The van der Waals surface area contributed by atoms with E-state index in [4.69, 9.17) is 22.1 Å². The van der Waals surface area contributed by atoms with Gasteiger partial charge in [0, 0.05) is 49.5 Å². The van der Waals surface area contributed by atoms with E-state index in [2.05, 4.69) is 10.3 Å². The van der Waals surface area contributed by atoms with Crippen LogP contribution in [0.4, 0.5) is 0 Å². The number of aryl methyl sites for hydroxylation is 1. The van der Waals surface area contributed by atoms with Gasteiger partial charge in [0.2, 0.25) is 15.9 Å². The molecule has 0 aliphatic carbocycles. The molecule has 1 aromatic heterocycles. The fraction of sp³-hybridized carbons (Fsp3) is 0.400. The Morgan fingerprint density at radius 3 is 2.65 bits per heavy atom. The Balaban J connectivity index is 1.81. The standard InChI is InChI=1S/C30H39ClN4O4S/c1-22-21-33-15-13-27(22)26-9-6-8-25(20-26)24(3)35(40(37,38)29-11-7-10-28(31)23(29)2)17-5-4-12-30(36)34-16-19-39-18-14-32/h6-11,13,15,20-21,24H,4-5,12,14,16-19,32H2,1-3H3,(H,34,36). The number of nitrogens with one attached hydrogen (secondary N) is 1. The zero-order valence-electron chi connectivity index (χ0n) is 23.4. The smallest absolute Gasteiger partial charge is 0.243 e. The Kier molecular flexibility index (Phi) is 12.1. The van der Waals surface area contributed by atoms with Gasteiger partial charge in [-0.1, -0.05) is 35.9 Å². The molecule has 3 aromatic rings. The summed E-state index contributed by atoms with van der Waals surface area (Å²) in [4.78, 5) is 16.6. The number of rotatable bonds is 15. The molecule has 1 unspecified atom stereocenters. The normalized spacial score (nSPS) is 12.4. The number of carbonyl (C=O) groups excluding carboxylic acids is 1. The fourth-order valence-electron chi connectivity index (χ4n) is 4.53. The molecule has 0 fully saturated rings. The van der Waals surface area contributed by atoms with Gasteiger partial charge < -0.3 is 15.8 Å². The summed E-state index contributed by atoms with van der Waals surface area (Å²) in [5.41, 5.74) is 9.85. The molecule has 1 atom stereocenters. The van der Waals surface area contributed by atoms with Crippen LogP contribution in [0.25, 0.3) is 11.1 Å².